The van der Waals surface area contributed by atoms with Gasteiger partial charge in [-0.3, -0.25) is 14.4 Å². The van der Waals surface area contributed by atoms with Gasteiger partial charge in [0.1, 0.15) is 0 Å². The summed E-state index contributed by atoms with van der Waals surface area (Å²) in [6, 6.07) is 0. The maximum Gasteiger partial charge on any atom is 0.236 e. The Kier molecular flexibility index (Phi) is 4.39. The average molecular weight is 267 g/mol. The van der Waals surface area contributed by atoms with Crippen molar-refractivity contribution in [2.45, 2.75) is 19.1 Å². The summed E-state index contributed by atoms with van der Waals surface area (Å²) >= 11 is 0. The zero-order chi connectivity index (χ0) is 13.8. The van der Waals surface area contributed by atoms with E-state index in [1.54, 1.807) is 22.0 Å². The molecule has 1 unspecified atom stereocenters. The summed E-state index contributed by atoms with van der Waals surface area (Å²) < 4.78 is 1.62. The molecule has 1 aromatic heterocycles. The number of aromatic nitrogens is 2. The third-order valence-electron chi connectivity index (χ3n) is 3.27. The first kappa shape index (κ1) is 13.8. The molecule has 0 aromatic carbocycles. The van der Waals surface area contributed by atoms with E-state index in [2.05, 4.69) is 5.10 Å². The molecule has 0 bridgehead atoms. The summed E-state index contributed by atoms with van der Waals surface area (Å²) in [4.78, 5) is 15.5. The second-order valence-corrected chi connectivity index (χ2v) is 5.05. The number of rotatable bonds is 4. The Morgan fingerprint density at radius 3 is 2.95 bits per heavy atom. The number of anilines is 1. The summed E-state index contributed by atoms with van der Waals surface area (Å²) in [6.45, 7) is 2.83. The predicted molar refractivity (Wildman–Crippen MR) is 71.3 cm³/mol. The molecule has 1 amide bonds. The Hall–Kier alpha value is -1.60. The number of amides is 1. The van der Waals surface area contributed by atoms with E-state index in [9.17, 15) is 9.90 Å². The van der Waals surface area contributed by atoms with E-state index in [1.165, 1.54) is 0 Å². The van der Waals surface area contributed by atoms with E-state index in [4.69, 9.17) is 5.73 Å². The Balaban J connectivity index is 1.84. The van der Waals surface area contributed by atoms with E-state index in [1.807, 2.05) is 11.9 Å². The van der Waals surface area contributed by atoms with Crippen molar-refractivity contribution in [1.82, 2.24) is 19.6 Å². The highest BCUT2D eigenvalue weighted by Crippen LogP contribution is 2.05. The fourth-order valence-electron chi connectivity index (χ4n) is 2.25. The molecule has 7 heteroatoms. The molecule has 2 rings (SSSR count). The Labute approximate surface area is 112 Å². The SMILES string of the molecule is CN1CCCN(CC(O)Cn2cc(N)cn2)CC1=O. The Morgan fingerprint density at radius 1 is 1.47 bits per heavy atom. The van der Waals surface area contributed by atoms with Crippen LogP contribution in [0.3, 0.4) is 0 Å². The second kappa shape index (κ2) is 6.03. The maximum atomic E-state index is 11.7. The molecule has 3 N–H and O–H groups in total. The van der Waals surface area contributed by atoms with Crippen molar-refractivity contribution in [3.63, 3.8) is 0 Å². The smallest absolute Gasteiger partial charge is 0.236 e. The highest BCUT2D eigenvalue weighted by molar-refractivity contribution is 5.78. The van der Waals surface area contributed by atoms with Crippen LogP contribution in [0, 0.1) is 0 Å². The third-order valence-corrected chi connectivity index (χ3v) is 3.27. The second-order valence-electron chi connectivity index (χ2n) is 5.05. The lowest BCUT2D eigenvalue weighted by Gasteiger charge is -2.22. The first-order valence-corrected chi connectivity index (χ1v) is 6.47. The number of carbonyl (C=O) groups excluding carboxylic acids is 1. The van der Waals surface area contributed by atoms with Gasteiger partial charge in [-0.25, -0.2) is 0 Å². The zero-order valence-electron chi connectivity index (χ0n) is 11.2. The van der Waals surface area contributed by atoms with Crippen LogP contribution >= 0.6 is 0 Å². The van der Waals surface area contributed by atoms with Crippen LogP contribution in [-0.4, -0.2) is 69.9 Å². The molecule has 1 aliphatic heterocycles. The summed E-state index contributed by atoms with van der Waals surface area (Å²) in [5.41, 5.74) is 6.15. The summed E-state index contributed by atoms with van der Waals surface area (Å²) in [7, 11) is 1.81. The van der Waals surface area contributed by atoms with E-state index in [-0.39, 0.29) is 5.91 Å². The van der Waals surface area contributed by atoms with Crippen LogP contribution in [0.1, 0.15) is 6.42 Å². The molecule has 0 aliphatic carbocycles. The van der Waals surface area contributed by atoms with E-state index >= 15 is 0 Å². The molecule has 7 nitrogen and oxygen atoms in total. The quantitative estimate of drug-likeness (QED) is 0.730. The standard InChI is InChI=1S/C12H21N5O2/c1-15-3-2-4-16(9-12(15)19)7-11(18)8-17-6-10(13)5-14-17/h5-6,11,18H,2-4,7-9,13H2,1H3. The van der Waals surface area contributed by atoms with Crippen molar-refractivity contribution in [2.24, 2.45) is 0 Å². The van der Waals surface area contributed by atoms with Crippen LogP contribution in [0.5, 0.6) is 0 Å². The molecular formula is C12H21N5O2. The van der Waals surface area contributed by atoms with Crippen LogP contribution in [0.4, 0.5) is 5.69 Å². The number of aliphatic hydroxyl groups is 1. The molecule has 1 aliphatic rings. The van der Waals surface area contributed by atoms with Crippen molar-refractivity contribution in [3.05, 3.63) is 12.4 Å². The fraction of sp³-hybridized carbons (Fsp3) is 0.667. The van der Waals surface area contributed by atoms with Gasteiger partial charge in [0.25, 0.3) is 0 Å². The van der Waals surface area contributed by atoms with Crippen LogP contribution in [0.25, 0.3) is 0 Å². The van der Waals surface area contributed by atoms with Gasteiger partial charge in [-0.1, -0.05) is 0 Å². The van der Waals surface area contributed by atoms with Crippen molar-refractivity contribution in [3.8, 4) is 0 Å². The summed E-state index contributed by atoms with van der Waals surface area (Å²) in [5.74, 6) is 0.105. The van der Waals surface area contributed by atoms with E-state index < -0.39 is 6.10 Å². The first-order valence-electron chi connectivity index (χ1n) is 6.47. The number of hydrogen-bond acceptors (Lipinski definition) is 5. The van der Waals surface area contributed by atoms with Crippen molar-refractivity contribution >= 4 is 11.6 Å². The molecular weight excluding hydrogens is 246 g/mol. The topological polar surface area (TPSA) is 87.6 Å². The van der Waals surface area contributed by atoms with Crippen molar-refractivity contribution < 1.29 is 9.90 Å². The van der Waals surface area contributed by atoms with Crippen LogP contribution in [0.15, 0.2) is 12.4 Å². The lowest BCUT2D eigenvalue weighted by molar-refractivity contribution is -0.130. The molecule has 1 fully saturated rings. The Morgan fingerprint density at radius 2 is 2.26 bits per heavy atom. The fourth-order valence-corrected chi connectivity index (χ4v) is 2.25. The Bertz CT molecular complexity index is 434. The number of hydrogen-bond donors (Lipinski definition) is 2. The van der Waals surface area contributed by atoms with Gasteiger partial charge >= 0.3 is 0 Å². The zero-order valence-corrected chi connectivity index (χ0v) is 11.2. The molecule has 1 atom stereocenters. The molecule has 19 heavy (non-hydrogen) atoms. The predicted octanol–water partition coefficient (Wildman–Crippen LogP) is -1.01. The molecule has 1 aromatic rings. The van der Waals surface area contributed by atoms with Crippen molar-refractivity contribution in [2.75, 3.05) is 39.0 Å². The number of aliphatic hydroxyl groups excluding tert-OH is 1. The van der Waals surface area contributed by atoms with Gasteiger partial charge in [0, 0.05) is 32.9 Å². The monoisotopic (exact) mass is 267 g/mol. The number of β-amino-alcohol motifs (C(OH)–C–C–N with tert-alkyl or cyclic N) is 1. The minimum atomic E-state index is -0.560. The number of nitrogens with zero attached hydrogens (tertiary/aromatic N) is 4. The highest BCUT2D eigenvalue weighted by Gasteiger charge is 2.21. The van der Waals surface area contributed by atoms with Gasteiger partial charge in [0.05, 0.1) is 31.1 Å². The molecule has 106 valence electrons. The minimum absolute atomic E-state index is 0.105. The van der Waals surface area contributed by atoms with Gasteiger partial charge in [0.2, 0.25) is 5.91 Å². The van der Waals surface area contributed by atoms with Crippen LogP contribution in [-0.2, 0) is 11.3 Å². The van der Waals surface area contributed by atoms with Gasteiger partial charge in [-0.15, -0.1) is 0 Å². The normalized spacial score (nSPS) is 19.5. The first-order chi connectivity index (χ1) is 9.04. The number of nitrogens with two attached hydrogens (primary N) is 1. The maximum absolute atomic E-state index is 11.7. The molecule has 0 spiro atoms. The van der Waals surface area contributed by atoms with E-state index in [0.717, 1.165) is 19.5 Å². The van der Waals surface area contributed by atoms with Crippen LogP contribution in [0.2, 0.25) is 0 Å². The van der Waals surface area contributed by atoms with Crippen LogP contribution < -0.4 is 5.73 Å². The number of carbonyl (C=O) groups is 1. The number of nitrogen functional groups attached to an aromatic ring is 1. The average Bonchev–Trinajstić information content (AvgIpc) is 2.66. The molecule has 1 saturated heterocycles. The number of likely N-dealkylation sites (N-methyl/N-ethyl adjacent to an activating group) is 1. The van der Waals surface area contributed by atoms with Gasteiger partial charge in [-0.2, -0.15) is 5.10 Å². The van der Waals surface area contributed by atoms with Gasteiger partial charge in [0.15, 0.2) is 0 Å². The van der Waals surface area contributed by atoms with Gasteiger partial charge in [-0.05, 0) is 6.42 Å². The lowest BCUT2D eigenvalue weighted by atomic mass is 10.3. The lowest BCUT2D eigenvalue weighted by Crippen LogP contribution is -2.39. The molecule has 0 saturated carbocycles. The minimum Gasteiger partial charge on any atom is -0.396 e. The third kappa shape index (κ3) is 3.93. The highest BCUT2D eigenvalue weighted by atomic mass is 16.3. The molecule has 0 radical (unpaired) electrons. The van der Waals surface area contributed by atoms with Gasteiger partial charge < -0.3 is 15.7 Å². The largest absolute Gasteiger partial charge is 0.396 e. The summed E-state index contributed by atoms with van der Waals surface area (Å²) in [5, 5.41) is 14.1. The van der Waals surface area contributed by atoms with E-state index in [0.29, 0.717) is 25.3 Å². The molecule has 2 heterocycles. The van der Waals surface area contributed by atoms with Crippen molar-refractivity contribution in [1.29, 1.82) is 0 Å². The summed E-state index contributed by atoms with van der Waals surface area (Å²) in [6.07, 6.45) is 3.61.